The summed E-state index contributed by atoms with van der Waals surface area (Å²) in [6.45, 7) is 6.10. The number of hydrogen-bond acceptors (Lipinski definition) is 2. The van der Waals surface area contributed by atoms with E-state index in [0.717, 1.165) is 12.0 Å². The summed E-state index contributed by atoms with van der Waals surface area (Å²) in [4.78, 5) is 0.197. The van der Waals surface area contributed by atoms with Gasteiger partial charge in [0.2, 0.25) is 0 Å². The number of rotatable bonds is 4. The largest absolute Gasteiger partial charge is 0.262 e. The van der Waals surface area contributed by atoms with Gasteiger partial charge in [-0.05, 0) is 36.0 Å². The van der Waals surface area contributed by atoms with Crippen LogP contribution in [0.15, 0.2) is 47.4 Å². The average molecular weight is 323 g/mol. The molecule has 0 saturated carbocycles. The molecule has 4 heteroatoms. The predicted octanol–water partition coefficient (Wildman–Crippen LogP) is 4.79. The van der Waals surface area contributed by atoms with E-state index in [-0.39, 0.29) is 4.90 Å². The topological polar surface area (TPSA) is 34.1 Å². The van der Waals surface area contributed by atoms with Gasteiger partial charge in [-0.1, -0.05) is 56.3 Å². The Kier molecular flexibility index (Phi) is 4.74. The summed E-state index contributed by atoms with van der Waals surface area (Å²) in [5.41, 5.74) is 3.43. The first kappa shape index (κ1) is 16.1. The highest BCUT2D eigenvalue weighted by Gasteiger charge is 2.19. The first-order valence-corrected chi connectivity index (χ1v) is 9.23. The quantitative estimate of drug-likeness (QED) is 0.758. The molecule has 2 rings (SSSR count). The summed E-state index contributed by atoms with van der Waals surface area (Å²) < 4.78 is 23.7. The molecule has 0 aliphatic heterocycles. The zero-order valence-electron chi connectivity index (χ0n) is 12.4. The minimum absolute atomic E-state index is 0.197. The third kappa shape index (κ3) is 3.86. The van der Waals surface area contributed by atoms with Gasteiger partial charge >= 0.3 is 0 Å². The lowest BCUT2D eigenvalue weighted by Gasteiger charge is -2.11. The third-order valence-corrected chi connectivity index (χ3v) is 4.86. The van der Waals surface area contributed by atoms with Crippen molar-refractivity contribution in [1.82, 2.24) is 0 Å². The van der Waals surface area contributed by atoms with Gasteiger partial charge in [0.15, 0.2) is 0 Å². The number of halogens is 1. The molecule has 21 heavy (non-hydrogen) atoms. The van der Waals surface area contributed by atoms with Crippen molar-refractivity contribution in [3.63, 3.8) is 0 Å². The van der Waals surface area contributed by atoms with E-state index in [9.17, 15) is 8.42 Å². The summed E-state index contributed by atoms with van der Waals surface area (Å²) >= 11 is 0. The summed E-state index contributed by atoms with van der Waals surface area (Å²) in [5, 5.41) is 0. The highest BCUT2D eigenvalue weighted by molar-refractivity contribution is 8.13. The van der Waals surface area contributed by atoms with Gasteiger partial charge in [0.1, 0.15) is 0 Å². The number of benzene rings is 2. The van der Waals surface area contributed by atoms with E-state index in [1.165, 1.54) is 5.56 Å². The van der Waals surface area contributed by atoms with Crippen molar-refractivity contribution in [2.45, 2.75) is 32.1 Å². The van der Waals surface area contributed by atoms with Gasteiger partial charge in [0.25, 0.3) is 9.05 Å². The van der Waals surface area contributed by atoms with Crippen LogP contribution in [-0.4, -0.2) is 8.42 Å². The molecule has 2 nitrogen and oxygen atoms in total. The Morgan fingerprint density at radius 3 is 2.19 bits per heavy atom. The average Bonchev–Trinajstić information content (AvgIpc) is 2.37. The zero-order chi connectivity index (χ0) is 15.6. The molecule has 0 spiro atoms. The maximum absolute atomic E-state index is 11.8. The molecule has 0 bridgehead atoms. The van der Waals surface area contributed by atoms with Gasteiger partial charge in [-0.2, -0.15) is 0 Å². The second-order valence-electron chi connectivity index (χ2n) is 5.68. The highest BCUT2D eigenvalue weighted by atomic mass is 35.7. The fraction of sp³-hybridized carbons (Fsp3) is 0.294. The van der Waals surface area contributed by atoms with E-state index >= 15 is 0 Å². The Morgan fingerprint density at radius 2 is 1.67 bits per heavy atom. The fourth-order valence-electron chi connectivity index (χ4n) is 2.50. The van der Waals surface area contributed by atoms with Crippen LogP contribution in [0.2, 0.25) is 0 Å². The fourth-order valence-corrected chi connectivity index (χ4v) is 4.01. The molecule has 112 valence electrons. The second-order valence-corrected chi connectivity index (χ2v) is 8.19. The van der Waals surface area contributed by atoms with Crippen molar-refractivity contribution >= 4 is 19.7 Å². The third-order valence-electron chi connectivity index (χ3n) is 3.36. The summed E-state index contributed by atoms with van der Waals surface area (Å²) in [6, 6.07) is 13.4. The Hall–Kier alpha value is -1.32. The SMILES string of the molecule is Cc1cccc(-c2ccc(CC(C)C)cc2)c1S(=O)(=O)Cl. The summed E-state index contributed by atoms with van der Waals surface area (Å²) in [5.74, 6) is 0.591. The van der Waals surface area contributed by atoms with Crippen molar-refractivity contribution in [1.29, 1.82) is 0 Å². The Labute approximate surface area is 131 Å². The van der Waals surface area contributed by atoms with Crippen LogP contribution < -0.4 is 0 Å². The first-order valence-electron chi connectivity index (χ1n) is 6.92. The maximum atomic E-state index is 11.8. The van der Waals surface area contributed by atoms with Gasteiger partial charge in [0.05, 0.1) is 4.90 Å². The van der Waals surface area contributed by atoms with E-state index in [4.69, 9.17) is 10.7 Å². The van der Waals surface area contributed by atoms with Crippen molar-refractivity contribution in [3.8, 4) is 11.1 Å². The predicted molar refractivity (Wildman–Crippen MR) is 88.2 cm³/mol. The molecule has 0 aliphatic rings. The molecule has 0 unspecified atom stereocenters. The van der Waals surface area contributed by atoms with Gasteiger partial charge < -0.3 is 0 Å². The molecule has 0 atom stereocenters. The van der Waals surface area contributed by atoms with Crippen molar-refractivity contribution < 1.29 is 8.42 Å². The Balaban J connectivity index is 2.50. The molecule has 0 N–H and O–H groups in total. The first-order chi connectivity index (χ1) is 9.79. The van der Waals surface area contributed by atoms with Gasteiger partial charge in [-0.25, -0.2) is 8.42 Å². The monoisotopic (exact) mass is 322 g/mol. The zero-order valence-corrected chi connectivity index (χ0v) is 14.0. The van der Waals surface area contributed by atoms with Crippen molar-refractivity contribution in [2.75, 3.05) is 0 Å². The highest BCUT2D eigenvalue weighted by Crippen LogP contribution is 2.32. The smallest absolute Gasteiger partial charge is 0.207 e. The second kappa shape index (κ2) is 6.20. The van der Waals surface area contributed by atoms with Crippen LogP contribution in [0.4, 0.5) is 0 Å². The molecule has 2 aromatic carbocycles. The van der Waals surface area contributed by atoms with E-state index in [0.29, 0.717) is 17.0 Å². The van der Waals surface area contributed by atoms with E-state index in [1.807, 2.05) is 30.3 Å². The summed E-state index contributed by atoms with van der Waals surface area (Å²) in [6.07, 6.45) is 1.01. The van der Waals surface area contributed by atoms with Gasteiger partial charge in [-0.3, -0.25) is 0 Å². The molecule has 0 fully saturated rings. The maximum Gasteiger partial charge on any atom is 0.262 e. The summed E-state index contributed by atoms with van der Waals surface area (Å²) in [7, 11) is 1.82. The Bertz CT molecular complexity index is 732. The number of aryl methyl sites for hydroxylation is 1. The van der Waals surface area contributed by atoms with Crippen molar-refractivity contribution in [3.05, 3.63) is 53.6 Å². The van der Waals surface area contributed by atoms with Crippen LogP contribution in [0.1, 0.15) is 25.0 Å². The van der Waals surface area contributed by atoms with Crippen LogP contribution in [0.5, 0.6) is 0 Å². The molecule has 0 aliphatic carbocycles. The molecule has 2 aromatic rings. The molecular weight excluding hydrogens is 304 g/mol. The Morgan fingerprint density at radius 1 is 1.05 bits per heavy atom. The molecule has 0 aromatic heterocycles. The van der Waals surface area contributed by atoms with Crippen LogP contribution >= 0.6 is 10.7 Å². The van der Waals surface area contributed by atoms with Crippen LogP contribution in [-0.2, 0) is 15.5 Å². The minimum atomic E-state index is -3.77. The molecule has 0 radical (unpaired) electrons. The van der Waals surface area contributed by atoms with Gasteiger partial charge in [0, 0.05) is 16.2 Å². The minimum Gasteiger partial charge on any atom is -0.207 e. The number of hydrogen-bond donors (Lipinski definition) is 0. The normalized spacial score (nSPS) is 11.9. The van der Waals surface area contributed by atoms with Crippen LogP contribution in [0, 0.1) is 12.8 Å². The van der Waals surface area contributed by atoms with Crippen LogP contribution in [0.3, 0.4) is 0 Å². The van der Waals surface area contributed by atoms with Crippen LogP contribution in [0.25, 0.3) is 11.1 Å². The van der Waals surface area contributed by atoms with E-state index in [2.05, 4.69) is 13.8 Å². The lowest BCUT2D eigenvalue weighted by atomic mass is 9.98. The van der Waals surface area contributed by atoms with Crippen molar-refractivity contribution in [2.24, 2.45) is 5.92 Å². The molecular formula is C17H19ClO2S. The lowest BCUT2D eigenvalue weighted by molar-refractivity contribution is 0.609. The standard InChI is InChI=1S/C17H19ClO2S/c1-12(2)11-14-7-9-15(10-8-14)16-6-4-5-13(3)17(16)21(18,19)20/h4-10,12H,11H2,1-3H3. The molecule has 0 heterocycles. The van der Waals surface area contributed by atoms with E-state index < -0.39 is 9.05 Å². The van der Waals surface area contributed by atoms with Gasteiger partial charge in [-0.15, -0.1) is 0 Å². The molecule has 0 saturated heterocycles. The lowest BCUT2D eigenvalue weighted by Crippen LogP contribution is -1.98. The van der Waals surface area contributed by atoms with E-state index in [1.54, 1.807) is 19.1 Å². The molecule has 0 amide bonds.